The summed E-state index contributed by atoms with van der Waals surface area (Å²) in [4.78, 5) is 35.0. The molecule has 1 amide bonds. The zero-order valence-electron chi connectivity index (χ0n) is 24.2. The molecule has 210 valence electrons. The molecular weight excluding hydrogens is 508 g/mol. The minimum absolute atomic E-state index is 0.196. The molecule has 39 heavy (non-hydrogen) atoms. The van der Waals surface area contributed by atoms with Crippen LogP contribution in [0.3, 0.4) is 0 Å². The van der Waals surface area contributed by atoms with E-state index in [1.807, 2.05) is 49.9 Å². The van der Waals surface area contributed by atoms with Gasteiger partial charge in [-0.15, -0.1) is 0 Å². The van der Waals surface area contributed by atoms with Crippen LogP contribution in [0.2, 0.25) is 0 Å². The fourth-order valence-corrected chi connectivity index (χ4v) is 5.81. The number of amidine groups is 1. The van der Waals surface area contributed by atoms with Gasteiger partial charge in [0, 0.05) is 16.2 Å². The average molecular weight is 551 g/mol. The molecule has 1 spiro atoms. The van der Waals surface area contributed by atoms with Crippen LogP contribution in [0.4, 0.5) is 0 Å². The van der Waals surface area contributed by atoms with Crippen molar-refractivity contribution >= 4 is 29.5 Å². The van der Waals surface area contributed by atoms with Crippen LogP contribution in [0.25, 0.3) is 0 Å². The van der Waals surface area contributed by atoms with Crippen LogP contribution in [0.5, 0.6) is 5.75 Å². The maximum absolute atomic E-state index is 13.4. The van der Waals surface area contributed by atoms with Crippen molar-refractivity contribution in [3.05, 3.63) is 54.1 Å². The molecule has 6 nitrogen and oxygen atoms in total. The number of ether oxygens (including phenoxy) is 2. The molecule has 0 N–H and O–H groups in total. The van der Waals surface area contributed by atoms with Crippen LogP contribution in [0.15, 0.2) is 63.3 Å². The number of carbonyl (C=O) groups is 2. The summed E-state index contributed by atoms with van der Waals surface area (Å²) in [7, 11) is 0. The number of benzene rings is 2. The Morgan fingerprint density at radius 1 is 0.974 bits per heavy atom. The maximum Gasteiger partial charge on any atom is 0.350 e. The summed E-state index contributed by atoms with van der Waals surface area (Å²) in [6, 6.07) is 16.1. The van der Waals surface area contributed by atoms with E-state index in [-0.39, 0.29) is 5.91 Å². The van der Waals surface area contributed by atoms with Crippen LogP contribution >= 0.6 is 11.8 Å². The smallest absolute Gasteiger partial charge is 0.350 e. The van der Waals surface area contributed by atoms with Crippen LogP contribution in [-0.4, -0.2) is 39.4 Å². The molecule has 0 saturated heterocycles. The van der Waals surface area contributed by atoms with E-state index in [9.17, 15) is 9.59 Å². The third-order valence-corrected chi connectivity index (χ3v) is 8.09. The van der Waals surface area contributed by atoms with Crippen molar-refractivity contribution in [2.45, 2.75) is 120 Å². The van der Waals surface area contributed by atoms with Crippen LogP contribution in [0.1, 0.15) is 92.1 Å². The molecule has 2 aliphatic rings. The third-order valence-electron chi connectivity index (χ3n) is 7.07. The molecule has 2 aromatic rings. The average Bonchev–Trinajstić information content (AvgIpc) is 3.44. The lowest BCUT2D eigenvalue weighted by Gasteiger charge is -2.29. The molecule has 1 heterocycles. The van der Waals surface area contributed by atoms with Crippen LogP contribution in [-0.2, 0) is 20.9 Å². The SMILES string of the molecule is CCCCC1=NC2(CCCC2)C(=O)N1Cc1ccc(Sc2ccc(OC(C)(C)C(=O)OC(C)(C)C)cc2)cc1. The van der Waals surface area contributed by atoms with Gasteiger partial charge >= 0.3 is 5.97 Å². The van der Waals surface area contributed by atoms with E-state index >= 15 is 0 Å². The van der Waals surface area contributed by atoms with E-state index in [0.717, 1.165) is 66.1 Å². The Bertz CT molecular complexity index is 1190. The van der Waals surface area contributed by atoms with E-state index in [1.165, 1.54) is 0 Å². The van der Waals surface area contributed by atoms with E-state index in [2.05, 4.69) is 31.2 Å². The Morgan fingerprint density at radius 3 is 2.13 bits per heavy atom. The summed E-state index contributed by atoms with van der Waals surface area (Å²) in [6.45, 7) is 11.7. The van der Waals surface area contributed by atoms with Crippen molar-refractivity contribution in [1.29, 1.82) is 0 Å². The predicted octanol–water partition coefficient (Wildman–Crippen LogP) is 7.58. The number of esters is 1. The molecule has 1 saturated carbocycles. The zero-order chi connectivity index (χ0) is 28.3. The largest absolute Gasteiger partial charge is 0.476 e. The lowest BCUT2D eigenvalue weighted by Crippen LogP contribution is -2.43. The van der Waals surface area contributed by atoms with Gasteiger partial charge in [0.15, 0.2) is 5.60 Å². The highest BCUT2D eigenvalue weighted by molar-refractivity contribution is 7.99. The molecule has 0 aromatic heterocycles. The van der Waals surface area contributed by atoms with Gasteiger partial charge in [-0.05, 0) is 95.8 Å². The molecular formula is C32H42N2O4S. The lowest BCUT2D eigenvalue weighted by molar-refractivity contribution is -0.170. The number of hydrogen-bond donors (Lipinski definition) is 0. The first-order valence-corrected chi connectivity index (χ1v) is 14.9. The molecule has 2 aromatic carbocycles. The first-order chi connectivity index (χ1) is 18.4. The molecule has 7 heteroatoms. The predicted molar refractivity (Wildman–Crippen MR) is 156 cm³/mol. The van der Waals surface area contributed by atoms with E-state index in [4.69, 9.17) is 14.5 Å². The molecule has 1 fully saturated rings. The minimum Gasteiger partial charge on any atom is -0.476 e. The fraction of sp³-hybridized carbons (Fsp3) is 0.531. The van der Waals surface area contributed by atoms with Crippen molar-refractivity contribution in [1.82, 2.24) is 4.90 Å². The number of amides is 1. The van der Waals surface area contributed by atoms with Crippen LogP contribution < -0.4 is 4.74 Å². The Hall–Kier alpha value is -2.80. The number of unbranched alkanes of at least 4 members (excludes halogenated alkanes) is 1. The lowest BCUT2D eigenvalue weighted by atomic mass is 9.98. The van der Waals surface area contributed by atoms with Gasteiger partial charge in [0.25, 0.3) is 5.91 Å². The molecule has 4 rings (SSSR count). The second kappa shape index (κ2) is 11.7. The van der Waals surface area contributed by atoms with Gasteiger partial charge in [-0.3, -0.25) is 14.7 Å². The number of hydrogen-bond acceptors (Lipinski definition) is 6. The van der Waals surface area contributed by atoms with Crippen molar-refractivity contribution in [2.75, 3.05) is 0 Å². The van der Waals surface area contributed by atoms with Crippen molar-refractivity contribution < 1.29 is 19.1 Å². The van der Waals surface area contributed by atoms with E-state index in [1.54, 1.807) is 25.6 Å². The van der Waals surface area contributed by atoms with Crippen molar-refractivity contribution in [3.8, 4) is 5.75 Å². The van der Waals surface area contributed by atoms with Gasteiger partial charge in [0.05, 0.1) is 6.54 Å². The summed E-state index contributed by atoms with van der Waals surface area (Å²) in [5, 5.41) is 0. The topological polar surface area (TPSA) is 68.2 Å². The molecule has 1 aliphatic carbocycles. The maximum atomic E-state index is 13.4. The Kier molecular flexibility index (Phi) is 8.79. The highest BCUT2D eigenvalue weighted by Crippen LogP contribution is 2.40. The first kappa shape index (κ1) is 29.2. The molecule has 0 bridgehead atoms. The Balaban J connectivity index is 1.36. The zero-order valence-corrected chi connectivity index (χ0v) is 25.0. The summed E-state index contributed by atoms with van der Waals surface area (Å²) >= 11 is 1.66. The van der Waals surface area contributed by atoms with Gasteiger partial charge < -0.3 is 9.47 Å². The standard InChI is InChI=1S/C32H42N2O4S/c1-7-8-11-27-33-32(20-9-10-21-32)28(35)34(27)22-23-12-16-25(17-13-23)39-26-18-14-24(15-19-26)37-31(5,6)29(36)38-30(2,3)4/h12-19H,7-11,20-22H2,1-6H3. The van der Waals surface area contributed by atoms with Crippen molar-refractivity contribution in [2.24, 2.45) is 4.99 Å². The molecule has 0 radical (unpaired) electrons. The van der Waals surface area contributed by atoms with Gasteiger partial charge in [0.1, 0.15) is 22.7 Å². The Morgan fingerprint density at radius 2 is 1.56 bits per heavy atom. The van der Waals surface area contributed by atoms with E-state index < -0.39 is 22.7 Å². The van der Waals surface area contributed by atoms with Gasteiger partial charge in [-0.25, -0.2) is 4.79 Å². The van der Waals surface area contributed by atoms with Crippen molar-refractivity contribution in [3.63, 3.8) is 0 Å². The minimum atomic E-state index is -1.09. The summed E-state index contributed by atoms with van der Waals surface area (Å²) in [5.74, 6) is 1.38. The number of nitrogens with zero attached hydrogens (tertiary/aromatic N) is 2. The summed E-state index contributed by atoms with van der Waals surface area (Å²) < 4.78 is 11.4. The van der Waals surface area contributed by atoms with Gasteiger partial charge in [-0.2, -0.15) is 0 Å². The normalized spacial score (nSPS) is 17.0. The molecule has 0 atom stereocenters. The summed E-state index contributed by atoms with van der Waals surface area (Å²) in [6.07, 6.45) is 6.96. The highest BCUT2D eigenvalue weighted by atomic mass is 32.2. The number of aliphatic imine (C=N–C) groups is 1. The first-order valence-electron chi connectivity index (χ1n) is 14.1. The summed E-state index contributed by atoms with van der Waals surface area (Å²) in [5.41, 5.74) is -1.04. The van der Waals surface area contributed by atoms with Crippen LogP contribution in [0, 0.1) is 0 Å². The fourth-order valence-electron chi connectivity index (χ4n) is 4.99. The van der Waals surface area contributed by atoms with Gasteiger partial charge in [0.2, 0.25) is 0 Å². The monoisotopic (exact) mass is 550 g/mol. The second-order valence-electron chi connectivity index (χ2n) is 12.1. The number of rotatable bonds is 10. The third kappa shape index (κ3) is 7.24. The molecule has 0 unspecified atom stereocenters. The van der Waals surface area contributed by atoms with Gasteiger partial charge in [-0.1, -0.05) is 50.1 Å². The van der Waals surface area contributed by atoms with E-state index in [0.29, 0.717) is 12.3 Å². The highest BCUT2D eigenvalue weighted by Gasteiger charge is 2.49. The Labute approximate surface area is 237 Å². The number of carbonyl (C=O) groups excluding carboxylic acids is 2. The quantitative estimate of drug-likeness (QED) is 0.285. The molecule has 1 aliphatic heterocycles. The second-order valence-corrected chi connectivity index (χ2v) is 13.2.